The summed E-state index contributed by atoms with van der Waals surface area (Å²) in [5.41, 5.74) is 6.31. The van der Waals surface area contributed by atoms with Gasteiger partial charge in [-0.1, -0.05) is 19.1 Å². The van der Waals surface area contributed by atoms with E-state index in [-0.39, 0.29) is 5.91 Å². The Morgan fingerprint density at radius 1 is 1.09 bits per heavy atom. The number of carbonyl (C=O) groups excluding carboxylic acids is 1. The van der Waals surface area contributed by atoms with Crippen LogP contribution in [-0.4, -0.2) is 59.2 Å². The Kier molecular flexibility index (Phi) is 6.02. The molecule has 2 aliphatic rings. The Balaban J connectivity index is 1.36. The summed E-state index contributed by atoms with van der Waals surface area (Å²) in [5.74, 6) is 2.72. The van der Waals surface area contributed by atoms with Gasteiger partial charge in [-0.2, -0.15) is 5.10 Å². The fraction of sp³-hybridized carbons (Fsp3) is 0.444. The monoisotopic (exact) mass is 458 g/mol. The Morgan fingerprint density at radius 2 is 1.79 bits per heavy atom. The molecule has 0 atom stereocenters. The number of hydrogen-bond acceptors (Lipinski definition) is 5. The molecule has 0 aliphatic carbocycles. The average Bonchev–Trinajstić information content (AvgIpc) is 3.27. The number of nitrogens with one attached hydrogen (secondary N) is 2. The van der Waals surface area contributed by atoms with E-state index in [4.69, 9.17) is 0 Å². The molecule has 2 fully saturated rings. The first kappa shape index (κ1) is 22.4. The summed E-state index contributed by atoms with van der Waals surface area (Å²) in [4.78, 5) is 22.6. The summed E-state index contributed by atoms with van der Waals surface area (Å²) in [5, 5.41) is 10.5. The zero-order valence-corrected chi connectivity index (χ0v) is 20.6. The number of likely N-dealkylation sites (tertiary alicyclic amines) is 1. The topological polar surface area (TPSA) is 77.1 Å². The SMILES string of the molecule is CNc1ccc(C2CCN(C(=O)c3cc(-c4n[nH]c(C)n4)c(N4CC(C)C4)cc3C)CC2)cc1. The molecular weight excluding hydrogens is 424 g/mol. The molecule has 2 N–H and O–H groups in total. The van der Waals surface area contributed by atoms with Crippen LogP contribution in [0, 0.1) is 19.8 Å². The van der Waals surface area contributed by atoms with Gasteiger partial charge in [0.15, 0.2) is 5.82 Å². The van der Waals surface area contributed by atoms with Crippen molar-refractivity contribution < 1.29 is 4.79 Å². The van der Waals surface area contributed by atoms with Gasteiger partial charge in [-0.3, -0.25) is 9.89 Å². The first-order chi connectivity index (χ1) is 16.4. The van der Waals surface area contributed by atoms with Crippen molar-refractivity contribution in [2.75, 3.05) is 43.4 Å². The van der Waals surface area contributed by atoms with Crippen molar-refractivity contribution in [1.29, 1.82) is 0 Å². The van der Waals surface area contributed by atoms with Crippen molar-refractivity contribution in [2.45, 2.75) is 39.5 Å². The zero-order valence-electron chi connectivity index (χ0n) is 20.6. The predicted octanol–water partition coefficient (Wildman–Crippen LogP) is 4.61. The molecular formula is C27H34N6O. The molecule has 5 rings (SSSR count). The van der Waals surface area contributed by atoms with Gasteiger partial charge in [0.2, 0.25) is 0 Å². The van der Waals surface area contributed by atoms with Crippen LogP contribution < -0.4 is 10.2 Å². The molecule has 1 amide bonds. The van der Waals surface area contributed by atoms with Crippen LogP contribution in [0.5, 0.6) is 0 Å². The number of rotatable bonds is 5. The molecule has 2 aliphatic heterocycles. The van der Waals surface area contributed by atoms with Crippen molar-refractivity contribution in [1.82, 2.24) is 20.1 Å². The van der Waals surface area contributed by atoms with Crippen molar-refractivity contribution in [3.63, 3.8) is 0 Å². The van der Waals surface area contributed by atoms with Crippen LogP contribution in [0.25, 0.3) is 11.4 Å². The lowest BCUT2D eigenvalue weighted by molar-refractivity contribution is 0.0712. The lowest BCUT2D eigenvalue weighted by Crippen LogP contribution is -2.45. The third-order valence-electron chi connectivity index (χ3n) is 7.27. The lowest BCUT2D eigenvalue weighted by atomic mass is 9.89. The van der Waals surface area contributed by atoms with Gasteiger partial charge in [0, 0.05) is 55.7 Å². The van der Waals surface area contributed by atoms with E-state index in [1.165, 1.54) is 5.56 Å². The van der Waals surface area contributed by atoms with E-state index in [1.807, 2.05) is 31.9 Å². The first-order valence-electron chi connectivity index (χ1n) is 12.3. The summed E-state index contributed by atoms with van der Waals surface area (Å²) in [6.45, 7) is 9.80. The second-order valence-electron chi connectivity index (χ2n) is 9.88. The molecule has 2 saturated heterocycles. The maximum Gasteiger partial charge on any atom is 0.254 e. The number of amides is 1. The van der Waals surface area contributed by atoms with E-state index in [2.05, 4.69) is 62.7 Å². The Morgan fingerprint density at radius 3 is 2.38 bits per heavy atom. The average molecular weight is 459 g/mol. The minimum Gasteiger partial charge on any atom is -0.388 e. The smallest absolute Gasteiger partial charge is 0.254 e. The van der Waals surface area contributed by atoms with Gasteiger partial charge in [0.25, 0.3) is 5.91 Å². The summed E-state index contributed by atoms with van der Waals surface area (Å²) in [6.07, 6.45) is 1.97. The number of hydrogen-bond donors (Lipinski definition) is 2. The third kappa shape index (κ3) is 4.27. The molecule has 0 saturated carbocycles. The molecule has 1 aromatic heterocycles. The van der Waals surface area contributed by atoms with Crippen molar-refractivity contribution >= 4 is 17.3 Å². The molecule has 2 aromatic carbocycles. The Labute approximate surface area is 201 Å². The van der Waals surface area contributed by atoms with E-state index >= 15 is 0 Å². The quantitative estimate of drug-likeness (QED) is 0.584. The molecule has 0 radical (unpaired) electrons. The summed E-state index contributed by atoms with van der Waals surface area (Å²) >= 11 is 0. The van der Waals surface area contributed by atoms with Crippen LogP contribution in [-0.2, 0) is 0 Å². The number of aromatic nitrogens is 3. The molecule has 7 heteroatoms. The highest BCUT2D eigenvalue weighted by Crippen LogP contribution is 2.37. The number of carbonyl (C=O) groups is 1. The van der Waals surface area contributed by atoms with Crippen LogP contribution in [0.2, 0.25) is 0 Å². The van der Waals surface area contributed by atoms with E-state index in [1.54, 1.807) is 0 Å². The van der Waals surface area contributed by atoms with E-state index in [9.17, 15) is 4.79 Å². The molecule has 34 heavy (non-hydrogen) atoms. The fourth-order valence-corrected chi connectivity index (χ4v) is 5.23. The van der Waals surface area contributed by atoms with Crippen LogP contribution in [0.15, 0.2) is 36.4 Å². The van der Waals surface area contributed by atoms with Crippen molar-refractivity contribution in [3.8, 4) is 11.4 Å². The van der Waals surface area contributed by atoms with Gasteiger partial charge in [0.05, 0.1) is 0 Å². The van der Waals surface area contributed by atoms with Crippen LogP contribution in [0.1, 0.15) is 53.0 Å². The predicted molar refractivity (Wildman–Crippen MR) is 137 cm³/mol. The number of benzene rings is 2. The highest BCUT2D eigenvalue weighted by Gasteiger charge is 2.30. The van der Waals surface area contributed by atoms with Crippen molar-refractivity contribution in [3.05, 3.63) is 58.9 Å². The summed E-state index contributed by atoms with van der Waals surface area (Å²) in [6, 6.07) is 12.8. The van der Waals surface area contributed by atoms with Gasteiger partial charge in [0.1, 0.15) is 5.82 Å². The largest absolute Gasteiger partial charge is 0.388 e. The van der Waals surface area contributed by atoms with Crippen LogP contribution in [0.4, 0.5) is 11.4 Å². The number of H-pyrrole nitrogens is 1. The Bertz CT molecular complexity index is 1170. The molecule has 3 heterocycles. The summed E-state index contributed by atoms with van der Waals surface area (Å²) < 4.78 is 0. The lowest BCUT2D eigenvalue weighted by Gasteiger charge is -2.40. The maximum absolute atomic E-state index is 13.6. The standard InChI is InChI=1S/C27H34N6O/c1-17-15-33(16-17)25-13-18(2)23(14-24(25)26-29-19(3)30-31-26)27(34)32-11-9-21(10-12-32)20-5-7-22(28-4)8-6-20/h5-8,13-14,17,21,28H,9-12,15-16H2,1-4H3,(H,29,30,31). The molecule has 0 bridgehead atoms. The second-order valence-corrected chi connectivity index (χ2v) is 9.88. The van der Waals surface area contributed by atoms with Gasteiger partial charge in [-0.25, -0.2) is 4.98 Å². The van der Waals surface area contributed by atoms with Crippen LogP contribution in [0.3, 0.4) is 0 Å². The molecule has 7 nitrogen and oxygen atoms in total. The maximum atomic E-state index is 13.6. The van der Waals surface area contributed by atoms with Crippen LogP contribution >= 0.6 is 0 Å². The second kappa shape index (κ2) is 9.12. The number of piperidine rings is 1. The van der Waals surface area contributed by atoms with Gasteiger partial charge >= 0.3 is 0 Å². The Hall–Kier alpha value is -3.35. The first-order valence-corrected chi connectivity index (χ1v) is 12.3. The van der Waals surface area contributed by atoms with Gasteiger partial charge in [-0.15, -0.1) is 0 Å². The number of aryl methyl sites for hydroxylation is 2. The molecule has 3 aromatic rings. The molecule has 0 unspecified atom stereocenters. The summed E-state index contributed by atoms with van der Waals surface area (Å²) in [7, 11) is 1.94. The zero-order chi connectivity index (χ0) is 23.8. The van der Waals surface area contributed by atoms with Gasteiger partial charge in [-0.05, 0) is 73.9 Å². The normalized spacial score (nSPS) is 17.1. The van der Waals surface area contributed by atoms with Gasteiger partial charge < -0.3 is 15.1 Å². The number of anilines is 2. The minimum absolute atomic E-state index is 0.110. The van der Waals surface area contributed by atoms with Crippen molar-refractivity contribution in [2.24, 2.45) is 5.92 Å². The van der Waals surface area contributed by atoms with E-state index in [0.29, 0.717) is 17.7 Å². The molecule has 178 valence electrons. The minimum atomic E-state index is 0.110. The van der Waals surface area contributed by atoms with E-state index in [0.717, 1.165) is 72.9 Å². The van der Waals surface area contributed by atoms with E-state index < -0.39 is 0 Å². The third-order valence-corrected chi connectivity index (χ3v) is 7.27. The number of nitrogens with zero attached hydrogens (tertiary/aromatic N) is 4. The highest BCUT2D eigenvalue weighted by molar-refractivity contribution is 5.98. The number of aromatic amines is 1. The highest BCUT2D eigenvalue weighted by atomic mass is 16.2. The fourth-order valence-electron chi connectivity index (χ4n) is 5.23. The molecule has 0 spiro atoms.